The van der Waals surface area contributed by atoms with E-state index in [-0.39, 0.29) is 0 Å². The van der Waals surface area contributed by atoms with E-state index in [1.165, 1.54) is 38.9 Å². The number of nitrogens with zero attached hydrogens (tertiary/aromatic N) is 2. The van der Waals surface area contributed by atoms with Crippen molar-refractivity contribution in [1.29, 1.82) is 0 Å². The first-order chi connectivity index (χ1) is 31.1. The molecule has 1 heterocycles. The Kier molecular flexibility index (Phi) is 11.4. The van der Waals surface area contributed by atoms with Crippen LogP contribution in [0.2, 0.25) is 0 Å². The molecule has 0 saturated heterocycles. The lowest BCUT2D eigenvalue weighted by atomic mass is 9.90. The second-order valence-corrected chi connectivity index (χ2v) is 17.4. The number of hydrogen-bond acceptors (Lipinski definition) is 2. The minimum absolute atomic E-state index is 0.373. The minimum atomic E-state index is 0.373. The fourth-order valence-corrected chi connectivity index (χ4v) is 9.51. The Bertz CT molecular complexity index is 3000. The van der Waals surface area contributed by atoms with E-state index in [1.54, 1.807) is 0 Å². The summed E-state index contributed by atoms with van der Waals surface area (Å²) in [5.41, 5.74) is 18.4. The van der Waals surface area contributed by atoms with E-state index in [0.717, 1.165) is 50.7 Å². The lowest BCUT2D eigenvalue weighted by Crippen LogP contribution is -2.11. The van der Waals surface area contributed by atoms with Crippen LogP contribution in [0.1, 0.15) is 17.0 Å². The number of fused-ring (bicyclic) bond motifs is 1. The Labute approximate surface area is 385 Å². The van der Waals surface area contributed by atoms with Gasteiger partial charge in [0.25, 0.3) is 0 Å². The molecular weight excluding hydrogens is 876 g/mol. The maximum Gasteiger partial charge on any atom is 0.0534 e. The van der Waals surface area contributed by atoms with Gasteiger partial charge < -0.3 is 9.80 Å². The van der Waals surface area contributed by atoms with Crippen molar-refractivity contribution in [2.75, 3.05) is 9.80 Å². The van der Waals surface area contributed by atoms with Crippen molar-refractivity contribution in [1.82, 2.24) is 0 Å². The molecule has 8 aromatic carbocycles. The molecule has 302 valence electrons. The van der Waals surface area contributed by atoms with Gasteiger partial charge in [-0.2, -0.15) is 0 Å². The summed E-state index contributed by atoms with van der Waals surface area (Å²) < 4.78 is 0.442. The van der Waals surface area contributed by atoms with Crippen LogP contribution in [-0.2, 0) is 0 Å². The smallest absolute Gasteiger partial charge is 0.0534 e. The molecule has 2 unspecified atom stereocenters. The lowest BCUT2D eigenvalue weighted by Gasteiger charge is -2.26. The summed E-state index contributed by atoms with van der Waals surface area (Å²) in [6.07, 6.45) is 17.2. The van der Waals surface area contributed by atoms with E-state index < -0.39 is 0 Å². The monoisotopic (exact) mass is 920 g/mol. The van der Waals surface area contributed by atoms with Crippen LogP contribution >= 0.6 is 22.6 Å². The van der Waals surface area contributed by atoms with Crippen LogP contribution in [0.15, 0.2) is 256 Å². The van der Waals surface area contributed by atoms with Crippen molar-refractivity contribution >= 4 is 56.6 Å². The summed E-state index contributed by atoms with van der Waals surface area (Å²) in [5.74, 6) is 0.373. The van der Waals surface area contributed by atoms with E-state index in [9.17, 15) is 0 Å². The predicted octanol–water partition coefficient (Wildman–Crippen LogP) is 17.1. The van der Waals surface area contributed by atoms with Gasteiger partial charge >= 0.3 is 0 Å². The minimum Gasteiger partial charge on any atom is -0.317 e. The van der Waals surface area contributed by atoms with Gasteiger partial charge in [-0.3, -0.25) is 0 Å². The highest BCUT2D eigenvalue weighted by Gasteiger charge is 2.19. The highest BCUT2D eigenvalue weighted by Crippen LogP contribution is 2.40. The van der Waals surface area contributed by atoms with E-state index >= 15 is 0 Å². The van der Waals surface area contributed by atoms with E-state index in [0.29, 0.717) is 9.84 Å². The SMILES string of the molecule is C=C1/C=C\C=C/N(c2ccccc2)c2ccc(-c3ccc(-c4ccc(N(c5ccc(-c6ccccc6)cc5)c5ccc(-c6cccc(C7C=CC=CC7I)c6)cc5)cc4)cc3)cc21. The number of anilines is 5. The number of para-hydroxylation sites is 1. The molecule has 2 nitrogen and oxygen atoms in total. The summed E-state index contributed by atoms with van der Waals surface area (Å²) in [7, 11) is 0. The molecule has 2 aliphatic rings. The van der Waals surface area contributed by atoms with Gasteiger partial charge in [-0.05, 0) is 122 Å². The standard InChI is InChI=1S/C60H45IN2/c1-43-13-10-11-40-62(53-18-6-3-7-19-53)60-39-32-51(42-58(43)60)48-24-22-45(23-25-48)47-28-35-55(36-29-47)63(54-33-26-46(27-34-54)44-14-4-2-5-15-44)56-37-30-49(31-38-56)50-16-12-17-52(41-50)57-20-8-9-21-59(57)61/h2-42,57,59H,1H2/b13-10-,40-11-. The first-order valence-electron chi connectivity index (χ1n) is 21.4. The zero-order valence-corrected chi connectivity index (χ0v) is 37.0. The fraction of sp³-hybridized carbons (Fsp3) is 0.0333. The molecule has 8 aromatic rings. The average molecular weight is 921 g/mol. The Morgan fingerprint density at radius 1 is 0.429 bits per heavy atom. The molecular formula is C60H45IN2. The van der Waals surface area contributed by atoms with Crippen molar-refractivity contribution in [3.05, 3.63) is 267 Å². The van der Waals surface area contributed by atoms with Gasteiger partial charge in [-0.15, -0.1) is 0 Å². The van der Waals surface area contributed by atoms with Gasteiger partial charge in [-0.1, -0.05) is 205 Å². The van der Waals surface area contributed by atoms with Gasteiger partial charge in [0.1, 0.15) is 0 Å². The molecule has 0 spiro atoms. The van der Waals surface area contributed by atoms with E-state index in [1.807, 2.05) is 6.07 Å². The fourth-order valence-electron chi connectivity index (χ4n) is 8.62. The Balaban J connectivity index is 0.935. The molecule has 2 atom stereocenters. The number of rotatable bonds is 9. The zero-order chi connectivity index (χ0) is 42.5. The summed E-state index contributed by atoms with van der Waals surface area (Å²) in [5, 5.41) is 0. The van der Waals surface area contributed by atoms with Gasteiger partial charge in [0, 0.05) is 44.4 Å². The summed E-state index contributed by atoms with van der Waals surface area (Å²) >= 11 is 2.54. The summed E-state index contributed by atoms with van der Waals surface area (Å²) in [6.45, 7) is 4.43. The Hall–Kier alpha value is -7.21. The Morgan fingerprint density at radius 3 is 1.49 bits per heavy atom. The molecule has 1 aliphatic heterocycles. The molecule has 63 heavy (non-hydrogen) atoms. The predicted molar refractivity (Wildman–Crippen MR) is 278 cm³/mol. The molecule has 0 radical (unpaired) electrons. The topological polar surface area (TPSA) is 6.48 Å². The molecule has 0 amide bonds. The van der Waals surface area contributed by atoms with E-state index in [4.69, 9.17) is 0 Å². The maximum atomic E-state index is 4.43. The van der Waals surface area contributed by atoms with Crippen molar-refractivity contribution in [3.8, 4) is 44.5 Å². The van der Waals surface area contributed by atoms with Crippen LogP contribution in [0.25, 0.3) is 50.1 Å². The van der Waals surface area contributed by atoms with Crippen LogP contribution in [-0.4, -0.2) is 3.92 Å². The van der Waals surface area contributed by atoms with Crippen molar-refractivity contribution in [2.45, 2.75) is 9.84 Å². The second-order valence-electron chi connectivity index (χ2n) is 15.9. The highest BCUT2D eigenvalue weighted by atomic mass is 127. The number of alkyl halides is 1. The zero-order valence-electron chi connectivity index (χ0n) is 34.8. The van der Waals surface area contributed by atoms with Crippen LogP contribution in [0.4, 0.5) is 28.4 Å². The number of benzene rings is 8. The van der Waals surface area contributed by atoms with Crippen molar-refractivity contribution < 1.29 is 0 Å². The Morgan fingerprint density at radius 2 is 0.905 bits per heavy atom. The second kappa shape index (κ2) is 18.0. The molecule has 0 aromatic heterocycles. The van der Waals surface area contributed by atoms with Crippen LogP contribution in [0.5, 0.6) is 0 Å². The van der Waals surface area contributed by atoms with Crippen LogP contribution in [0, 0.1) is 0 Å². The highest BCUT2D eigenvalue weighted by molar-refractivity contribution is 14.1. The van der Waals surface area contributed by atoms with Crippen molar-refractivity contribution in [2.24, 2.45) is 0 Å². The molecule has 0 N–H and O–H groups in total. The quantitative estimate of drug-likeness (QED) is 0.105. The van der Waals surface area contributed by atoms with Gasteiger partial charge in [-0.25, -0.2) is 0 Å². The van der Waals surface area contributed by atoms with Gasteiger partial charge in [0.05, 0.1) is 5.69 Å². The first-order valence-corrected chi connectivity index (χ1v) is 22.7. The van der Waals surface area contributed by atoms with Crippen LogP contribution in [0.3, 0.4) is 0 Å². The van der Waals surface area contributed by atoms with E-state index in [2.05, 4.69) is 282 Å². The number of hydrogen-bond donors (Lipinski definition) is 0. The summed E-state index contributed by atoms with van der Waals surface area (Å²) in [4.78, 5) is 4.57. The molecule has 0 bridgehead atoms. The largest absolute Gasteiger partial charge is 0.317 e. The third kappa shape index (κ3) is 8.53. The summed E-state index contributed by atoms with van der Waals surface area (Å²) in [6, 6.07) is 72.4. The molecule has 3 heteroatoms. The molecule has 0 fully saturated rings. The average Bonchev–Trinajstić information content (AvgIpc) is 3.35. The van der Waals surface area contributed by atoms with Crippen molar-refractivity contribution in [3.63, 3.8) is 0 Å². The van der Waals surface area contributed by atoms with Crippen LogP contribution < -0.4 is 9.80 Å². The normalized spacial score (nSPS) is 16.5. The molecule has 1 aliphatic carbocycles. The third-order valence-electron chi connectivity index (χ3n) is 12.0. The molecule has 0 saturated carbocycles. The van der Waals surface area contributed by atoms with Gasteiger partial charge in [0.15, 0.2) is 0 Å². The van der Waals surface area contributed by atoms with Gasteiger partial charge in [0.2, 0.25) is 0 Å². The number of allylic oxidation sites excluding steroid dienone is 8. The lowest BCUT2D eigenvalue weighted by molar-refractivity contribution is 0.895. The third-order valence-corrected chi connectivity index (χ3v) is 13.2. The number of halogens is 1. The molecule has 10 rings (SSSR count). The maximum absolute atomic E-state index is 4.43. The first kappa shape index (κ1) is 39.9.